The van der Waals surface area contributed by atoms with E-state index >= 15 is 0 Å². The van der Waals surface area contributed by atoms with Gasteiger partial charge in [0, 0.05) is 10.9 Å². The van der Waals surface area contributed by atoms with Crippen LogP contribution in [0.15, 0.2) is 41.8 Å². The zero-order valence-electron chi connectivity index (χ0n) is 16.6. The maximum absolute atomic E-state index is 5.71. The number of fused-ring (bicyclic) bond motifs is 1. The Bertz CT molecular complexity index is 1110. The Hall–Kier alpha value is -3.26. The molecule has 8 heteroatoms. The summed E-state index contributed by atoms with van der Waals surface area (Å²) in [5.74, 6) is 3.25. The van der Waals surface area contributed by atoms with Crippen LogP contribution in [0.5, 0.6) is 23.0 Å². The van der Waals surface area contributed by atoms with Gasteiger partial charge in [-0.15, -0.1) is 21.5 Å². The van der Waals surface area contributed by atoms with Gasteiger partial charge in [-0.1, -0.05) is 0 Å². The first-order chi connectivity index (χ1) is 14.2. The van der Waals surface area contributed by atoms with Crippen molar-refractivity contribution in [2.24, 2.45) is 0 Å². The van der Waals surface area contributed by atoms with Crippen molar-refractivity contribution in [3.05, 3.63) is 41.8 Å². The second-order valence-electron chi connectivity index (χ2n) is 6.13. The molecule has 0 aliphatic carbocycles. The summed E-state index contributed by atoms with van der Waals surface area (Å²) in [5.41, 5.74) is 2.87. The molecule has 0 bridgehead atoms. The van der Waals surface area contributed by atoms with Crippen LogP contribution >= 0.6 is 11.3 Å². The molecule has 0 saturated heterocycles. The lowest BCUT2D eigenvalue weighted by molar-refractivity contribution is 0.288. The minimum atomic E-state index is 0.507. The maximum Gasteiger partial charge on any atom is 0.216 e. The van der Waals surface area contributed by atoms with Crippen molar-refractivity contribution in [3.63, 3.8) is 0 Å². The topological polar surface area (TPSA) is 67.1 Å². The lowest BCUT2D eigenvalue weighted by Gasteiger charge is -2.15. The predicted octanol–water partition coefficient (Wildman–Crippen LogP) is 4.55. The molecule has 29 heavy (non-hydrogen) atoms. The molecule has 2 aromatic carbocycles. The number of nitrogens with zero attached hydrogens (tertiary/aromatic N) is 3. The van der Waals surface area contributed by atoms with Gasteiger partial charge < -0.3 is 18.9 Å². The van der Waals surface area contributed by atoms with Crippen LogP contribution in [0.25, 0.3) is 27.6 Å². The summed E-state index contributed by atoms with van der Waals surface area (Å²) in [5, 5.41) is 10.8. The van der Waals surface area contributed by atoms with Gasteiger partial charge in [0.15, 0.2) is 17.3 Å². The van der Waals surface area contributed by atoms with Crippen molar-refractivity contribution in [2.45, 2.75) is 6.92 Å². The van der Waals surface area contributed by atoms with Gasteiger partial charge >= 0.3 is 0 Å². The molecule has 0 aliphatic rings. The highest BCUT2D eigenvalue weighted by Gasteiger charge is 2.20. The minimum absolute atomic E-state index is 0.507. The summed E-state index contributed by atoms with van der Waals surface area (Å²) < 4.78 is 24.1. The molecule has 0 N–H and O–H groups in total. The van der Waals surface area contributed by atoms with Crippen LogP contribution < -0.4 is 18.9 Å². The van der Waals surface area contributed by atoms with E-state index in [1.165, 1.54) is 11.3 Å². The van der Waals surface area contributed by atoms with Gasteiger partial charge in [-0.05, 0) is 48.9 Å². The second-order valence-corrected chi connectivity index (χ2v) is 6.97. The van der Waals surface area contributed by atoms with Crippen molar-refractivity contribution in [2.75, 3.05) is 27.9 Å². The minimum Gasteiger partial charge on any atom is -0.497 e. The Morgan fingerprint density at radius 1 is 0.897 bits per heavy atom. The fourth-order valence-corrected chi connectivity index (χ4v) is 4.00. The van der Waals surface area contributed by atoms with Crippen LogP contribution in [0.4, 0.5) is 0 Å². The van der Waals surface area contributed by atoms with E-state index in [0.717, 1.165) is 27.5 Å². The third-order valence-corrected chi connectivity index (χ3v) is 5.36. The normalized spacial score (nSPS) is 10.9. The number of methoxy groups -OCH3 is 3. The van der Waals surface area contributed by atoms with E-state index in [9.17, 15) is 0 Å². The first kappa shape index (κ1) is 19.1. The molecule has 0 amide bonds. The van der Waals surface area contributed by atoms with Gasteiger partial charge in [-0.2, -0.15) is 0 Å². The van der Waals surface area contributed by atoms with E-state index in [4.69, 9.17) is 18.9 Å². The molecule has 7 nitrogen and oxygen atoms in total. The predicted molar refractivity (Wildman–Crippen MR) is 113 cm³/mol. The van der Waals surface area contributed by atoms with Gasteiger partial charge in [0.25, 0.3) is 0 Å². The van der Waals surface area contributed by atoms with E-state index < -0.39 is 0 Å². The summed E-state index contributed by atoms with van der Waals surface area (Å²) in [6.45, 7) is 2.43. The number of benzene rings is 2. The number of thiazole rings is 1. The Labute approximate surface area is 172 Å². The van der Waals surface area contributed by atoms with Crippen molar-refractivity contribution in [1.29, 1.82) is 0 Å². The Morgan fingerprint density at radius 2 is 1.59 bits per heavy atom. The van der Waals surface area contributed by atoms with Gasteiger partial charge in [0.05, 0.1) is 33.6 Å². The largest absolute Gasteiger partial charge is 0.497 e. The summed E-state index contributed by atoms with van der Waals surface area (Å²) >= 11 is 1.54. The molecule has 4 aromatic rings. The average molecular weight is 411 g/mol. The third kappa shape index (κ3) is 3.36. The second kappa shape index (κ2) is 8.00. The highest BCUT2D eigenvalue weighted by Crippen LogP contribution is 2.42. The van der Waals surface area contributed by atoms with Crippen LogP contribution in [0, 0.1) is 0 Å². The summed E-state index contributed by atoms with van der Waals surface area (Å²) in [6, 6.07) is 11.7. The van der Waals surface area contributed by atoms with Crippen LogP contribution in [-0.2, 0) is 0 Å². The first-order valence-electron chi connectivity index (χ1n) is 9.06. The monoisotopic (exact) mass is 411 g/mol. The van der Waals surface area contributed by atoms with Crippen LogP contribution in [0.1, 0.15) is 6.92 Å². The van der Waals surface area contributed by atoms with Crippen molar-refractivity contribution < 1.29 is 18.9 Å². The molecule has 0 aliphatic heterocycles. The molecule has 0 atom stereocenters. The summed E-state index contributed by atoms with van der Waals surface area (Å²) in [6.07, 6.45) is 0. The lowest BCUT2D eigenvalue weighted by Crippen LogP contribution is -2.00. The van der Waals surface area contributed by atoms with Gasteiger partial charge in [0.1, 0.15) is 5.75 Å². The van der Waals surface area contributed by atoms with Crippen LogP contribution in [-0.4, -0.2) is 42.5 Å². The van der Waals surface area contributed by atoms with E-state index in [1.807, 2.05) is 47.7 Å². The molecule has 2 aromatic heterocycles. The number of hydrogen-bond acceptors (Lipinski definition) is 7. The molecule has 0 spiro atoms. The fourth-order valence-electron chi connectivity index (χ4n) is 3.17. The molecule has 0 fully saturated rings. The van der Waals surface area contributed by atoms with Gasteiger partial charge in [-0.25, -0.2) is 0 Å². The molecule has 4 rings (SSSR count). The maximum atomic E-state index is 5.71. The Balaban J connectivity index is 1.87. The molecule has 150 valence electrons. The molecule has 2 heterocycles. The van der Waals surface area contributed by atoms with E-state index in [0.29, 0.717) is 29.7 Å². The molecule has 0 radical (unpaired) electrons. The lowest BCUT2D eigenvalue weighted by atomic mass is 10.1. The Kier molecular flexibility index (Phi) is 5.26. The van der Waals surface area contributed by atoms with Crippen molar-refractivity contribution in [1.82, 2.24) is 14.6 Å². The smallest absolute Gasteiger partial charge is 0.216 e. The first-order valence-corrected chi connectivity index (χ1v) is 9.94. The van der Waals surface area contributed by atoms with Gasteiger partial charge in [-0.3, -0.25) is 4.40 Å². The fraction of sp³-hybridized carbons (Fsp3) is 0.238. The molecular formula is C21H21N3O4S. The number of rotatable bonds is 7. The highest BCUT2D eigenvalue weighted by atomic mass is 32.1. The highest BCUT2D eigenvalue weighted by molar-refractivity contribution is 7.15. The summed E-state index contributed by atoms with van der Waals surface area (Å²) in [7, 11) is 4.87. The zero-order valence-corrected chi connectivity index (χ0v) is 17.4. The molecular weight excluding hydrogens is 390 g/mol. The third-order valence-electron chi connectivity index (χ3n) is 4.54. The van der Waals surface area contributed by atoms with Crippen molar-refractivity contribution in [3.8, 4) is 45.6 Å². The molecule has 0 saturated carbocycles. The van der Waals surface area contributed by atoms with Crippen LogP contribution in [0.3, 0.4) is 0 Å². The summed E-state index contributed by atoms with van der Waals surface area (Å²) in [4.78, 5) is 0.803. The number of aromatic nitrogens is 3. The van der Waals surface area contributed by atoms with Gasteiger partial charge in [0.2, 0.25) is 10.7 Å². The van der Waals surface area contributed by atoms with Crippen molar-refractivity contribution >= 4 is 16.3 Å². The number of hydrogen-bond donors (Lipinski definition) is 0. The average Bonchev–Trinajstić information content (AvgIpc) is 3.36. The number of ether oxygens (including phenoxy) is 4. The quantitative estimate of drug-likeness (QED) is 0.444. The van der Waals surface area contributed by atoms with Crippen LogP contribution in [0.2, 0.25) is 0 Å². The standard InChI is InChI=1S/C21H21N3O4S/c1-5-28-19-17(26-3)10-14(11-18(19)27-4)20-22-23-21-24(20)16(12-29-21)13-6-8-15(25-2)9-7-13/h6-12H,5H2,1-4H3. The zero-order chi connectivity index (χ0) is 20.4. The Morgan fingerprint density at radius 3 is 2.17 bits per heavy atom. The van der Waals surface area contributed by atoms with E-state index in [2.05, 4.69) is 15.6 Å². The molecule has 0 unspecified atom stereocenters. The SMILES string of the molecule is CCOc1c(OC)cc(-c2nnc3scc(-c4ccc(OC)cc4)n23)cc1OC. The van der Waals surface area contributed by atoms with E-state index in [1.54, 1.807) is 21.3 Å². The van der Waals surface area contributed by atoms with E-state index in [-0.39, 0.29) is 0 Å².